The van der Waals surface area contributed by atoms with E-state index in [0.29, 0.717) is 35.6 Å². The van der Waals surface area contributed by atoms with Gasteiger partial charge in [0.15, 0.2) is 0 Å². The second kappa shape index (κ2) is 6.85. The van der Waals surface area contributed by atoms with Crippen molar-refractivity contribution in [2.24, 2.45) is 5.92 Å². The number of alkyl halides is 3. The zero-order chi connectivity index (χ0) is 18.0. The summed E-state index contributed by atoms with van der Waals surface area (Å²) < 4.78 is 38.7. The first-order chi connectivity index (χ1) is 11.9. The normalized spacial score (nSPS) is 21.1. The van der Waals surface area contributed by atoms with E-state index >= 15 is 0 Å². The summed E-state index contributed by atoms with van der Waals surface area (Å²) in [5.41, 5.74) is 1.33. The number of aromatic amines is 1. The Morgan fingerprint density at radius 2 is 1.80 bits per heavy atom. The molecule has 2 N–H and O–H groups in total. The van der Waals surface area contributed by atoms with Crippen LogP contribution in [0.4, 0.5) is 19.1 Å². The third kappa shape index (κ3) is 3.67. The van der Waals surface area contributed by atoms with Crippen LogP contribution < -0.4 is 10.9 Å². The molecule has 25 heavy (non-hydrogen) atoms. The Morgan fingerprint density at radius 1 is 1.16 bits per heavy atom. The molecule has 0 spiro atoms. The first-order valence-corrected chi connectivity index (χ1v) is 8.19. The predicted octanol–water partition coefficient (Wildman–Crippen LogP) is 3.71. The first kappa shape index (κ1) is 17.4. The Kier molecular flexibility index (Phi) is 4.78. The summed E-state index contributed by atoms with van der Waals surface area (Å²) in [5.74, 6) is -1.12. The van der Waals surface area contributed by atoms with Gasteiger partial charge in [-0.25, -0.2) is 4.98 Å². The Balaban J connectivity index is 1.98. The summed E-state index contributed by atoms with van der Waals surface area (Å²) in [6.07, 6.45) is -0.156. The highest BCUT2D eigenvalue weighted by molar-refractivity contribution is 5.65. The lowest BCUT2D eigenvalue weighted by atomic mass is 9.78. The van der Waals surface area contributed by atoms with Crippen molar-refractivity contribution >= 4 is 5.95 Å². The summed E-state index contributed by atoms with van der Waals surface area (Å²) in [5, 5.41) is 2.80. The van der Waals surface area contributed by atoms with Gasteiger partial charge in [0.05, 0.1) is 17.2 Å². The van der Waals surface area contributed by atoms with E-state index in [1.807, 2.05) is 0 Å². The van der Waals surface area contributed by atoms with Gasteiger partial charge in [-0.1, -0.05) is 0 Å². The number of halogens is 3. The molecule has 0 saturated heterocycles. The van der Waals surface area contributed by atoms with Crippen molar-refractivity contribution in [1.82, 2.24) is 15.0 Å². The zero-order valence-corrected chi connectivity index (χ0v) is 13.7. The molecule has 3 rings (SSSR count). The van der Waals surface area contributed by atoms with Gasteiger partial charge >= 0.3 is 6.18 Å². The van der Waals surface area contributed by atoms with Gasteiger partial charge in [0.2, 0.25) is 5.95 Å². The molecule has 134 valence electrons. The van der Waals surface area contributed by atoms with Crippen LogP contribution in [0.2, 0.25) is 0 Å². The monoisotopic (exact) mass is 352 g/mol. The van der Waals surface area contributed by atoms with Gasteiger partial charge in [-0.2, -0.15) is 13.2 Å². The molecule has 2 heterocycles. The van der Waals surface area contributed by atoms with E-state index in [2.05, 4.69) is 20.3 Å². The van der Waals surface area contributed by atoms with Gasteiger partial charge in [-0.15, -0.1) is 0 Å². The summed E-state index contributed by atoms with van der Waals surface area (Å²) in [4.78, 5) is 23.6. The molecule has 0 unspecified atom stereocenters. The number of H-pyrrole nitrogens is 1. The van der Waals surface area contributed by atoms with E-state index in [9.17, 15) is 18.0 Å². The average molecular weight is 352 g/mol. The minimum atomic E-state index is -4.16. The Bertz CT molecular complexity index is 781. The number of hydrogen-bond donors (Lipinski definition) is 2. The standard InChI is InChI=1S/C17H19F3N4O/c1-21-16-23-14(11-2-4-12(5-3-11)17(18,19)20)13(15(25)24-16)10-6-8-22-9-7-10/h6-9,11-12H,2-5H2,1H3,(H2,21,23,24,25). The third-order valence-corrected chi connectivity index (χ3v) is 4.73. The van der Waals surface area contributed by atoms with Crippen LogP contribution in [0.25, 0.3) is 11.1 Å². The Morgan fingerprint density at radius 3 is 2.36 bits per heavy atom. The van der Waals surface area contributed by atoms with Crippen LogP contribution in [0, 0.1) is 5.92 Å². The number of anilines is 1. The van der Waals surface area contributed by atoms with Gasteiger partial charge in [-0.05, 0) is 43.4 Å². The molecular weight excluding hydrogens is 333 g/mol. The summed E-state index contributed by atoms with van der Waals surface area (Å²) in [6, 6.07) is 3.41. The van der Waals surface area contributed by atoms with Crippen LogP contribution in [0.1, 0.15) is 37.3 Å². The fourth-order valence-corrected chi connectivity index (χ4v) is 3.40. The molecule has 1 aliphatic carbocycles. The van der Waals surface area contributed by atoms with Crippen LogP contribution in [0.15, 0.2) is 29.3 Å². The molecule has 0 radical (unpaired) electrons. The van der Waals surface area contributed by atoms with Gasteiger partial charge in [-0.3, -0.25) is 14.8 Å². The first-order valence-electron chi connectivity index (χ1n) is 8.19. The van der Waals surface area contributed by atoms with Crippen molar-refractivity contribution < 1.29 is 13.2 Å². The zero-order valence-electron chi connectivity index (χ0n) is 13.7. The maximum absolute atomic E-state index is 12.9. The molecule has 1 saturated carbocycles. The van der Waals surface area contributed by atoms with E-state index in [-0.39, 0.29) is 24.3 Å². The van der Waals surface area contributed by atoms with E-state index in [1.165, 1.54) is 0 Å². The van der Waals surface area contributed by atoms with Crippen LogP contribution in [-0.2, 0) is 0 Å². The lowest BCUT2D eigenvalue weighted by Gasteiger charge is -2.30. The maximum atomic E-state index is 12.9. The third-order valence-electron chi connectivity index (χ3n) is 4.73. The molecule has 0 bridgehead atoms. The number of pyridine rings is 1. The largest absolute Gasteiger partial charge is 0.391 e. The van der Waals surface area contributed by atoms with E-state index in [0.717, 1.165) is 0 Å². The number of hydrogen-bond acceptors (Lipinski definition) is 4. The van der Waals surface area contributed by atoms with Crippen LogP contribution in [-0.4, -0.2) is 28.2 Å². The van der Waals surface area contributed by atoms with E-state index in [1.54, 1.807) is 31.6 Å². The smallest absolute Gasteiger partial charge is 0.359 e. The fourth-order valence-electron chi connectivity index (χ4n) is 3.40. The van der Waals surface area contributed by atoms with Gasteiger partial charge in [0.1, 0.15) is 0 Å². The molecule has 1 aliphatic rings. The Labute approximate surface area is 142 Å². The lowest BCUT2D eigenvalue weighted by molar-refractivity contribution is -0.182. The van der Waals surface area contributed by atoms with Crippen molar-refractivity contribution in [2.45, 2.75) is 37.8 Å². The quantitative estimate of drug-likeness (QED) is 0.883. The SMILES string of the molecule is CNc1nc(C2CCC(C(F)(F)F)CC2)c(-c2ccncc2)c(=O)[nH]1. The summed E-state index contributed by atoms with van der Waals surface area (Å²) in [6.45, 7) is 0. The highest BCUT2D eigenvalue weighted by Crippen LogP contribution is 2.43. The molecule has 2 aromatic rings. The lowest BCUT2D eigenvalue weighted by Crippen LogP contribution is -2.28. The molecule has 5 nitrogen and oxygen atoms in total. The molecule has 2 aromatic heterocycles. The van der Waals surface area contributed by atoms with Crippen molar-refractivity contribution in [3.63, 3.8) is 0 Å². The number of nitrogens with one attached hydrogen (secondary N) is 2. The van der Waals surface area contributed by atoms with Crippen LogP contribution in [0.3, 0.4) is 0 Å². The van der Waals surface area contributed by atoms with Gasteiger partial charge < -0.3 is 5.32 Å². The predicted molar refractivity (Wildman–Crippen MR) is 88.4 cm³/mol. The van der Waals surface area contributed by atoms with E-state index in [4.69, 9.17) is 0 Å². The van der Waals surface area contributed by atoms with Crippen molar-refractivity contribution in [1.29, 1.82) is 0 Å². The molecular formula is C17H19F3N4O. The second-order valence-electron chi connectivity index (χ2n) is 6.25. The average Bonchev–Trinajstić information content (AvgIpc) is 2.61. The molecule has 0 amide bonds. The topological polar surface area (TPSA) is 70.7 Å². The molecule has 0 aliphatic heterocycles. The van der Waals surface area contributed by atoms with Gasteiger partial charge in [0, 0.05) is 25.4 Å². The minimum Gasteiger partial charge on any atom is -0.359 e. The minimum absolute atomic E-state index is 0.0628. The molecule has 8 heteroatoms. The number of rotatable bonds is 3. The van der Waals surface area contributed by atoms with Crippen molar-refractivity contribution in [2.75, 3.05) is 12.4 Å². The highest BCUT2D eigenvalue weighted by atomic mass is 19.4. The van der Waals surface area contributed by atoms with Crippen LogP contribution in [0.5, 0.6) is 0 Å². The second-order valence-corrected chi connectivity index (χ2v) is 6.25. The number of nitrogens with zero attached hydrogens (tertiary/aromatic N) is 2. The van der Waals surface area contributed by atoms with Crippen LogP contribution >= 0.6 is 0 Å². The van der Waals surface area contributed by atoms with Crippen molar-refractivity contribution in [3.05, 3.63) is 40.6 Å². The Hall–Kier alpha value is -2.38. The highest BCUT2D eigenvalue weighted by Gasteiger charge is 2.42. The summed E-state index contributed by atoms with van der Waals surface area (Å²) in [7, 11) is 1.63. The molecule has 0 aromatic carbocycles. The summed E-state index contributed by atoms with van der Waals surface area (Å²) >= 11 is 0. The van der Waals surface area contributed by atoms with Crippen molar-refractivity contribution in [3.8, 4) is 11.1 Å². The van der Waals surface area contributed by atoms with Gasteiger partial charge in [0.25, 0.3) is 5.56 Å². The fraction of sp³-hybridized carbons (Fsp3) is 0.471. The number of aromatic nitrogens is 3. The molecule has 1 fully saturated rings. The maximum Gasteiger partial charge on any atom is 0.391 e. The molecule has 0 atom stereocenters. The van der Waals surface area contributed by atoms with E-state index < -0.39 is 12.1 Å².